The number of nitrogens with one attached hydrogen (secondary N) is 1. The fraction of sp³-hybridized carbons (Fsp3) is 0.136. The van der Waals surface area contributed by atoms with E-state index in [0.29, 0.717) is 17.0 Å². The van der Waals surface area contributed by atoms with Gasteiger partial charge in [-0.1, -0.05) is 71.2 Å². The predicted molar refractivity (Wildman–Crippen MR) is 120 cm³/mol. The van der Waals surface area contributed by atoms with E-state index in [0.717, 1.165) is 5.56 Å². The summed E-state index contributed by atoms with van der Waals surface area (Å²) >= 11 is 18.0. The van der Waals surface area contributed by atoms with Gasteiger partial charge in [0.05, 0.1) is 27.9 Å². The second-order valence-electron chi connectivity index (χ2n) is 6.47. The molecule has 0 fully saturated rings. The Kier molecular flexibility index (Phi) is 7.38. The highest BCUT2D eigenvalue weighted by atomic mass is 35.5. The third-order valence-electron chi connectivity index (χ3n) is 4.29. The van der Waals surface area contributed by atoms with Gasteiger partial charge in [-0.25, -0.2) is 9.78 Å². The fourth-order valence-electron chi connectivity index (χ4n) is 2.77. The zero-order valence-electron chi connectivity index (χ0n) is 16.5. The molecule has 0 unspecified atom stereocenters. The lowest BCUT2D eigenvalue weighted by Crippen LogP contribution is -2.26. The number of aryl methyl sites for hydroxylation is 1. The van der Waals surface area contributed by atoms with Crippen LogP contribution in [0, 0.1) is 6.92 Å². The van der Waals surface area contributed by atoms with Gasteiger partial charge in [0.2, 0.25) is 6.10 Å². The van der Waals surface area contributed by atoms with E-state index in [1.165, 1.54) is 13.3 Å². The number of hydrogen-bond acceptors (Lipinski definition) is 5. The minimum Gasteiger partial charge on any atom is -0.495 e. The van der Waals surface area contributed by atoms with E-state index in [1.807, 2.05) is 13.0 Å². The summed E-state index contributed by atoms with van der Waals surface area (Å²) in [6.45, 7) is 1.88. The van der Waals surface area contributed by atoms with Crippen molar-refractivity contribution in [2.24, 2.45) is 0 Å². The lowest BCUT2D eigenvalue weighted by molar-refractivity contribution is -0.125. The molecule has 0 aliphatic heterocycles. The largest absolute Gasteiger partial charge is 0.495 e. The van der Waals surface area contributed by atoms with E-state index in [9.17, 15) is 9.59 Å². The van der Waals surface area contributed by atoms with Crippen molar-refractivity contribution < 1.29 is 19.1 Å². The molecule has 1 heterocycles. The van der Waals surface area contributed by atoms with Gasteiger partial charge in [0.25, 0.3) is 5.91 Å². The highest BCUT2D eigenvalue weighted by Gasteiger charge is 2.29. The molecule has 0 saturated heterocycles. The van der Waals surface area contributed by atoms with Crippen LogP contribution < -0.4 is 10.1 Å². The maximum Gasteiger partial charge on any atom is 0.359 e. The number of aromatic nitrogens is 1. The topological polar surface area (TPSA) is 77.5 Å². The van der Waals surface area contributed by atoms with Crippen LogP contribution in [0.5, 0.6) is 5.75 Å². The third kappa shape index (κ3) is 5.28. The number of nitrogens with zero attached hydrogens (tertiary/aromatic N) is 1. The maximum absolute atomic E-state index is 13.1. The average Bonchev–Trinajstić information content (AvgIpc) is 2.76. The van der Waals surface area contributed by atoms with E-state index in [2.05, 4.69) is 10.3 Å². The number of carbonyl (C=O) groups excluding carboxylic acids is 2. The van der Waals surface area contributed by atoms with Gasteiger partial charge in [-0.05, 0) is 24.6 Å². The van der Waals surface area contributed by atoms with Crippen LogP contribution in [0.15, 0.2) is 54.7 Å². The Balaban J connectivity index is 1.93. The second kappa shape index (κ2) is 10.0. The molecule has 1 atom stereocenters. The summed E-state index contributed by atoms with van der Waals surface area (Å²) in [5, 5.41) is 2.65. The van der Waals surface area contributed by atoms with Crippen molar-refractivity contribution in [1.29, 1.82) is 0 Å². The number of esters is 1. The lowest BCUT2D eigenvalue weighted by Gasteiger charge is -2.19. The van der Waals surface area contributed by atoms with E-state index < -0.39 is 18.0 Å². The number of rotatable bonds is 6. The van der Waals surface area contributed by atoms with Crippen LogP contribution >= 0.6 is 34.8 Å². The van der Waals surface area contributed by atoms with Gasteiger partial charge in [0.1, 0.15) is 5.75 Å². The zero-order chi connectivity index (χ0) is 22.5. The smallest absolute Gasteiger partial charge is 0.359 e. The van der Waals surface area contributed by atoms with Gasteiger partial charge in [0.15, 0.2) is 5.69 Å². The predicted octanol–water partition coefficient (Wildman–Crippen LogP) is 5.90. The molecule has 9 heteroatoms. The van der Waals surface area contributed by atoms with Crippen molar-refractivity contribution in [3.05, 3.63) is 86.6 Å². The molecule has 0 radical (unpaired) electrons. The van der Waals surface area contributed by atoms with Crippen LogP contribution in [0.3, 0.4) is 0 Å². The van der Waals surface area contributed by atoms with Crippen LogP contribution in [0.25, 0.3) is 0 Å². The number of ether oxygens (including phenoxy) is 2. The van der Waals surface area contributed by atoms with Gasteiger partial charge in [0, 0.05) is 11.8 Å². The normalized spacial score (nSPS) is 11.5. The monoisotopic (exact) mass is 478 g/mol. The van der Waals surface area contributed by atoms with Gasteiger partial charge < -0.3 is 14.8 Å². The van der Waals surface area contributed by atoms with Crippen LogP contribution in [0.1, 0.15) is 27.7 Å². The quantitative estimate of drug-likeness (QED) is 0.446. The summed E-state index contributed by atoms with van der Waals surface area (Å²) in [6, 6.07) is 13.9. The van der Waals surface area contributed by atoms with Crippen LogP contribution in [0.4, 0.5) is 5.69 Å². The van der Waals surface area contributed by atoms with Crippen molar-refractivity contribution in [1.82, 2.24) is 4.98 Å². The first-order valence-electron chi connectivity index (χ1n) is 9.02. The minimum absolute atomic E-state index is 0.0320. The molecule has 2 aromatic carbocycles. The Morgan fingerprint density at radius 3 is 2.42 bits per heavy atom. The highest BCUT2D eigenvalue weighted by molar-refractivity contribution is 6.48. The first-order valence-corrected chi connectivity index (χ1v) is 10.2. The van der Waals surface area contributed by atoms with Crippen LogP contribution in [-0.4, -0.2) is 24.0 Å². The van der Waals surface area contributed by atoms with Crippen molar-refractivity contribution in [2.75, 3.05) is 12.4 Å². The molecular weight excluding hydrogens is 463 g/mol. The Morgan fingerprint density at radius 1 is 1.03 bits per heavy atom. The molecule has 1 aromatic heterocycles. The Bertz CT molecular complexity index is 1120. The SMILES string of the molecule is COc1ccc(C)cc1NC(=O)[C@@H](OC(=O)c1ncc(Cl)c(Cl)c1Cl)c1ccccc1. The molecule has 31 heavy (non-hydrogen) atoms. The number of carbonyl (C=O) groups is 2. The first kappa shape index (κ1) is 22.9. The molecule has 6 nitrogen and oxygen atoms in total. The molecule has 1 N–H and O–H groups in total. The van der Waals surface area contributed by atoms with Crippen molar-refractivity contribution >= 4 is 52.4 Å². The Morgan fingerprint density at radius 2 is 1.74 bits per heavy atom. The van der Waals surface area contributed by atoms with Crippen molar-refractivity contribution in [3.8, 4) is 5.75 Å². The summed E-state index contributed by atoms with van der Waals surface area (Å²) in [7, 11) is 1.49. The lowest BCUT2D eigenvalue weighted by atomic mass is 10.1. The summed E-state index contributed by atoms with van der Waals surface area (Å²) in [5.74, 6) is -1.05. The van der Waals surface area contributed by atoms with E-state index >= 15 is 0 Å². The Hall–Kier alpha value is -2.80. The average molecular weight is 480 g/mol. The number of halogens is 3. The molecule has 3 aromatic rings. The number of pyridine rings is 1. The van der Waals surface area contributed by atoms with Gasteiger partial charge in [-0.3, -0.25) is 4.79 Å². The molecular formula is C22H17Cl3N2O4. The molecule has 3 rings (SSSR count). The number of methoxy groups -OCH3 is 1. The van der Waals surface area contributed by atoms with Crippen LogP contribution in [0.2, 0.25) is 15.1 Å². The van der Waals surface area contributed by atoms with Gasteiger partial charge in [-0.15, -0.1) is 0 Å². The fourth-order valence-corrected chi connectivity index (χ4v) is 3.32. The number of hydrogen-bond donors (Lipinski definition) is 1. The van der Waals surface area contributed by atoms with E-state index in [1.54, 1.807) is 42.5 Å². The number of amides is 1. The van der Waals surface area contributed by atoms with Gasteiger partial charge >= 0.3 is 5.97 Å². The molecule has 0 saturated carbocycles. The summed E-state index contributed by atoms with van der Waals surface area (Å²) in [6.07, 6.45) is -0.104. The second-order valence-corrected chi connectivity index (χ2v) is 7.63. The molecule has 0 spiro atoms. The Labute approximate surface area is 194 Å². The zero-order valence-corrected chi connectivity index (χ0v) is 18.8. The highest BCUT2D eigenvalue weighted by Crippen LogP contribution is 2.33. The van der Waals surface area contributed by atoms with Crippen LogP contribution in [-0.2, 0) is 9.53 Å². The molecule has 0 bridgehead atoms. The van der Waals surface area contributed by atoms with Crippen molar-refractivity contribution in [3.63, 3.8) is 0 Å². The standard InChI is InChI=1S/C22H17Cl3N2O4/c1-12-8-9-16(30-2)15(10-12)27-21(28)20(13-6-4-3-5-7-13)31-22(29)19-18(25)17(24)14(23)11-26-19/h3-11,20H,1-2H3,(H,27,28)/t20-/m0/s1. The number of anilines is 1. The summed E-state index contributed by atoms with van der Waals surface area (Å²) in [4.78, 5) is 29.8. The molecule has 0 aliphatic carbocycles. The molecule has 0 aliphatic rings. The summed E-state index contributed by atoms with van der Waals surface area (Å²) < 4.78 is 10.8. The van der Waals surface area contributed by atoms with E-state index in [-0.39, 0.29) is 20.8 Å². The molecule has 160 valence electrons. The molecule has 1 amide bonds. The summed E-state index contributed by atoms with van der Waals surface area (Å²) in [5.41, 5.74) is 1.56. The van der Waals surface area contributed by atoms with Gasteiger partial charge in [-0.2, -0.15) is 0 Å². The van der Waals surface area contributed by atoms with Crippen molar-refractivity contribution in [2.45, 2.75) is 13.0 Å². The third-order valence-corrected chi connectivity index (χ3v) is 5.53. The van der Waals surface area contributed by atoms with E-state index in [4.69, 9.17) is 44.3 Å². The number of benzene rings is 2. The maximum atomic E-state index is 13.1. The first-order chi connectivity index (χ1) is 14.8. The minimum atomic E-state index is -1.29.